The van der Waals surface area contributed by atoms with E-state index in [4.69, 9.17) is 11.6 Å². The second-order valence-electron chi connectivity index (χ2n) is 6.63. The van der Waals surface area contributed by atoms with Gasteiger partial charge in [0.05, 0.1) is 17.3 Å². The Bertz CT molecular complexity index is 1250. The molecule has 0 atom stereocenters. The van der Waals surface area contributed by atoms with Crippen LogP contribution in [-0.2, 0) is 11.3 Å². The van der Waals surface area contributed by atoms with Crippen LogP contribution in [0, 0.1) is 5.82 Å². The summed E-state index contributed by atoms with van der Waals surface area (Å²) in [6.45, 7) is 0.924. The summed E-state index contributed by atoms with van der Waals surface area (Å²) in [7, 11) is 0. The van der Waals surface area contributed by atoms with Gasteiger partial charge in [-0.3, -0.25) is 14.7 Å². The van der Waals surface area contributed by atoms with Crippen molar-refractivity contribution in [3.8, 4) is 5.69 Å². The molecule has 10 heteroatoms. The van der Waals surface area contributed by atoms with Crippen molar-refractivity contribution < 1.29 is 9.18 Å². The molecule has 3 aromatic rings. The standard InChI is InChI=1S/C19H14ClFN6O2/c20-13-9-11(5-6-14(13)21)23-16(28)10-26-19(29)27-15-4-2-1-3-12(15)17-22-7-8-25(17)18(27)24-26/h1-6,9H,7-8,10H2,(H,23,28). The van der Waals surface area contributed by atoms with Crippen LogP contribution in [0.5, 0.6) is 0 Å². The van der Waals surface area contributed by atoms with Crippen LogP contribution in [0.1, 0.15) is 5.56 Å². The fraction of sp³-hybridized carbons (Fsp3) is 0.158. The number of para-hydroxylation sites is 1. The molecule has 146 valence electrons. The number of fused-ring (bicyclic) bond motifs is 6. The Hall–Kier alpha value is -3.46. The second kappa shape index (κ2) is 6.56. The van der Waals surface area contributed by atoms with Gasteiger partial charge in [-0.1, -0.05) is 23.7 Å². The van der Waals surface area contributed by atoms with Gasteiger partial charge in [-0.2, -0.15) is 0 Å². The van der Waals surface area contributed by atoms with Crippen LogP contribution in [0.2, 0.25) is 5.02 Å². The molecule has 2 aliphatic rings. The average Bonchev–Trinajstić information content (AvgIpc) is 3.31. The summed E-state index contributed by atoms with van der Waals surface area (Å²) in [5, 5.41) is 6.86. The van der Waals surface area contributed by atoms with Crippen molar-refractivity contribution in [2.24, 2.45) is 4.99 Å². The summed E-state index contributed by atoms with van der Waals surface area (Å²) in [5.74, 6) is 0.150. The second-order valence-corrected chi connectivity index (χ2v) is 7.03. The quantitative estimate of drug-likeness (QED) is 0.713. The molecule has 3 heterocycles. The predicted molar refractivity (Wildman–Crippen MR) is 107 cm³/mol. The zero-order valence-electron chi connectivity index (χ0n) is 15.0. The largest absolute Gasteiger partial charge is 0.352 e. The first kappa shape index (κ1) is 17.6. The van der Waals surface area contributed by atoms with E-state index in [2.05, 4.69) is 15.4 Å². The molecule has 29 heavy (non-hydrogen) atoms. The minimum atomic E-state index is -0.579. The Labute approximate surface area is 168 Å². The summed E-state index contributed by atoms with van der Waals surface area (Å²) < 4.78 is 15.9. The smallest absolute Gasteiger partial charge is 0.324 e. The monoisotopic (exact) mass is 412 g/mol. The summed E-state index contributed by atoms with van der Waals surface area (Å²) in [6.07, 6.45) is 0. The zero-order chi connectivity index (χ0) is 20.1. The molecule has 8 nitrogen and oxygen atoms in total. The third-order valence-electron chi connectivity index (χ3n) is 4.79. The first-order valence-electron chi connectivity index (χ1n) is 8.89. The van der Waals surface area contributed by atoms with Crippen LogP contribution in [-0.4, -0.2) is 39.2 Å². The van der Waals surface area contributed by atoms with Crippen molar-refractivity contribution in [3.63, 3.8) is 0 Å². The maximum absolute atomic E-state index is 13.3. The van der Waals surface area contributed by atoms with E-state index in [0.717, 1.165) is 22.1 Å². The van der Waals surface area contributed by atoms with E-state index in [0.29, 0.717) is 30.4 Å². The Kier molecular flexibility index (Phi) is 3.99. The predicted octanol–water partition coefficient (Wildman–Crippen LogP) is 2.05. The average molecular weight is 413 g/mol. The number of rotatable bonds is 3. The Balaban J connectivity index is 1.48. The highest BCUT2D eigenvalue weighted by atomic mass is 35.5. The van der Waals surface area contributed by atoms with Crippen LogP contribution in [0.4, 0.5) is 16.0 Å². The number of hydrogen-bond acceptors (Lipinski definition) is 5. The number of carbonyl (C=O) groups excluding carboxylic acids is 1. The molecule has 1 aromatic heterocycles. The lowest BCUT2D eigenvalue weighted by atomic mass is 10.1. The number of benzene rings is 2. The molecule has 0 saturated heterocycles. The van der Waals surface area contributed by atoms with Gasteiger partial charge in [-0.05, 0) is 30.3 Å². The number of amides is 1. The van der Waals surface area contributed by atoms with Crippen molar-refractivity contribution in [2.75, 3.05) is 23.3 Å². The minimum absolute atomic E-state index is 0.102. The minimum Gasteiger partial charge on any atom is -0.324 e. The lowest BCUT2D eigenvalue weighted by Gasteiger charge is -2.26. The van der Waals surface area contributed by atoms with Crippen LogP contribution in [0.25, 0.3) is 5.69 Å². The molecule has 5 rings (SSSR count). The van der Waals surface area contributed by atoms with Crippen LogP contribution >= 0.6 is 11.6 Å². The van der Waals surface area contributed by atoms with E-state index in [1.165, 1.54) is 16.7 Å². The van der Waals surface area contributed by atoms with Gasteiger partial charge in [0, 0.05) is 17.8 Å². The van der Waals surface area contributed by atoms with Crippen molar-refractivity contribution >= 4 is 35.0 Å². The molecule has 0 radical (unpaired) electrons. The molecule has 1 amide bonds. The number of nitrogens with one attached hydrogen (secondary N) is 1. The molecular formula is C19H14ClFN6O2. The number of aliphatic imine (C=N–C) groups is 1. The maximum atomic E-state index is 13.3. The number of halogens is 2. The number of aromatic nitrogens is 3. The van der Waals surface area contributed by atoms with Gasteiger partial charge in [-0.25, -0.2) is 18.4 Å². The van der Waals surface area contributed by atoms with Gasteiger partial charge in [0.1, 0.15) is 18.2 Å². The molecule has 0 unspecified atom stereocenters. The molecule has 0 fully saturated rings. The van der Waals surface area contributed by atoms with E-state index in [1.807, 2.05) is 29.2 Å². The lowest BCUT2D eigenvalue weighted by molar-refractivity contribution is -0.117. The highest BCUT2D eigenvalue weighted by molar-refractivity contribution is 6.31. The molecule has 0 aliphatic carbocycles. The number of hydrogen-bond donors (Lipinski definition) is 1. The topological polar surface area (TPSA) is 84.5 Å². The Morgan fingerprint density at radius 2 is 2.07 bits per heavy atom. The summed E-state index contributed by atoms with van der Waals surface area (Å²) in [6, 6.07) is 11.3. The summed E-state index contributed by atoms with van der Waals surface area (Å²) in [4.78, 5) is 31.8. The molecule has 0 spiro atoms. The normalized spacial score (nSPS) is 14.1. The fourth-order valence-electron chi connectivity index (χ4n) is 3.53. The highest BCUT2D eigenvalue weighted by Gasteiger charge is 2.34. The number of carbonyl (C=O) groups is 1. The number of anilines is 2. The Morgan fingerprint density at radius 1 is 1.24 bits per heavy atom. The van der Waals surface area contributed by atoms with Gasteiger partial charge >= 0.3 is 5.69 Å². The fourth-order valence-corrected chi connectivity index (χ4v) is 3.71. The summed E-state index contributed by atoms with van der Waals surface area (Å²) in [5.41, 5.74) is 1.44. The molecule has 2 aromatic carbocycles. The third kappa shape index (κ3) is 2.82. The third-order valence-corrected chi connectivity index (χ3v) is 5.08. The van der Waals surface area contributed by atoms with Gasteiger partial charge in [-0.15, -0.1) is 5.10 Å². The van der Waals surface area contributed by atoms with E-state index in [1.54, 1.807) is 0 Å². The van der Waals surface area contributed by atoms with Gasteiger partial charge in [0.15, 0.2) is 0 Å². The first-order valence-corrected chi connectivity index (χ1v) is 9.27. The number of nitrogens with zero attached hydrogens (tertiary/aromatic N) is 5. The molecular weight excluding hydrogens is 399 g/mol. The SMILES string of the molecule is O=C(Cn1nc2n(c1=O)-c1ccccc1C1=NCCN12)Nc1ccc(F)c(Cl)c1. The van der Waals surface area contributed by atoms with Crippen molar-refractivity contribution in [3.05, 3.63) is 69.4 Å². The first-order chi connectivity index (χ1) is 14.0. The zero-order valence-corrected chi connectivity index (χ0v) is 15.7. The highest BCUT2D eigenvalue weighted by Crippen LogP contribution is 2.29. The van der Waals surface area contributed by atoms with Gasteiger partial charge < -0.3 is 5.32 Å². The van der Waals surface area contributed by atoms with E-state index in [9.17, 15) is 14.0 Å². The molecule has 0 saturated carbocycles. The van der Waals surface area contributed by atoms with E-state index >= 15 is 0 Å². The van der Waals surface area contributed by atoms with Crippen molar-refractivity contribution in [1.29, 1.82) is 0 Å². The lowest BCUT2D eigenvalue weighted by Crippen LogP contribution is -2.37. The number of amidine groups is 1. The van der Waals surface area contributed by atoms with Gasteiger partial charge in [0.25, 0.3) is 0 Å². The van der Waals surface area contributed by atoms with Crippen molar-refractivity contribution in [1.82, 2.24) is 14.3 Å². The maximum Gasteiger partial charge on any atom is 0.352 e. The van der Waals surface area contributed by atoms with E-state index in [-0.39, 0.29) is 11.6 Å². The molecule has 1 N–H and O–H groups in total. The van der Waals surface area contributed by atoms with Crippen LogP contribution < -0.4 is 15.9 Å². The Morgan fingerprint density at radius 3 is 2.90 bits per heavy atom. The van der Waals surface area contributed by atoms with Crippen LogP contribution in [0.3, 0.4) is 0 Å². The molecule has 2 aliphatic heterocycles. The van der Waals surface area contributed by atoms with Crippen molar-refractivity contribution in [2.45, 2.75) is 6.54 Å². The van der Waals surface area contributed by atoms with Crippen LogP contribution in [0.15, 0.2) is 52.3 Å². The van der Waals surface area contributed by atoms with E-state index < -0.39 is 17.4 Å². The molecule has 0 bridgehead atoms. The van der Waals surface area contributed by atoms with Gasteiger partial charge in [0.2, 0.25) is 11.9 Å². The summed E-state index contributed by atoms with van der Waals surface area (Å²) >= 11 is 5.74.